The van der Waals surface area contributed by atoms with Gasteiger partial charge in [-0.05, 0) is 35.7 Å². The molecule has 1 N–H and O–H groups in total. The van der Waals surface area contributed by atoms with E-state index in [2.05, 4.69) is 20.0 Å². The zero-order valence-corrected chi connectivity index (χ0v) is 16.3. The summed E-state index contributed by atoms with van der Waals surface area (Å²) in [5.74, 6) is -0.273. The number of ether oxygens (including phenoxy) is 2. The molecule has 1 heterocycles. The maximum atomic E-state index is 11.8. The van der Waals surface area contributed by atoms with Gasteiger partial charge in [-0.3, -0.25) is 10.1 Å². The summed E-state index contributed by atoms with van der Waals surface area (Å²) in [5.41, 5.74) is 0.434. The molecule has 4 aromatic rings. The van der Waals surface area contributed by atoms with Crippen LogP contribution < -0.4 is 10.1 Å². The number of carbonyl (C=O) groups is 1. The molecule has 0 radical (unpaired) electrons. The molecular weight excluding hydrogens is 400 g/mol. The number of rotatable bonds is 6. The number of nitrogens with one attached hydrogen (secondary N) is 1. The van der Waals surface area contributed by atoms with Gasteiger partial charge in [0.15, 0.2) is 0 Å². The highest BCUT2D eigenvalue weighted by molar-refractivity contribution is 5.90. The van der Waals surface area contributed by atoms with E-state index in [9.17, 15) is 14.9 Å². The van der Waals surface area contributed by atoms with E-state index in [0.717, 1.165) is 10.8 Å². The van der Waals surface area contributed by atoms with E-state index in [1.807, 2.05) is 30.3 Å². The smallest absolute Gasteiger partial charge is 0.373 e. The van der Waals surface area contributed by atoms with Crippen molar-refractivity contribution in [2.75, 3.05) is 12.4 Å². The van der Waals surface area contributed by atoms with Gasteiger partial charge >= 0.3 is 17.5 Å². The number of benzene rings is 3. The molecule has 0 aliphatic carbocycles. The molecule has 154 valence electrons. The number of carbonyl (C=O) groups excluding carboxylic acids is 1. The molecule has 9 heteroatoms. The Bertz CT molecular complexity index is 1270. The van der Waals surface area contributed by atoms with Crippen molar-refractivity contribution in [1.82, 2.24) is 9.97 Å². The summed E-state index contributed by atoms with van der Waals surface area (Å²) in [4.78, 5) is 30.8. The number of esters is 1. The average Bonchev–Trinajstić information content (AvgIpc) is 2.79. The Morgan fingerprint density at radius 2 is 1.74 bits per heavy atom. The fourth-order valence-corrected chi connectivity index (χ4v) is 3.03. The molecule has 31 heavy (non-hydrogen) atoms. The van der Waals surface area contributed by atoms with E-state index >= 15 is 0 Å². The van der Waals surface area contributed by atoms with E-state index in [1.165, 1.54) is 25.6 Å². The van der Waals surface area contributed by atoms with Gasteiger partial charge in [-0.15, -0.1) is 0 Å². The zero-order valence-electron chi connectivity index (χ0n) is 16.3. The first-order valence-electron chi connectivity index (χ1n) is 9.17. The van der Waals surface area contributed by atoms with Gasteiger partial charge in [-0.1, -0.05) is 36.4 Å². The second-order valence-corrected chi connectivity index (χ2v) is 6.41. The van der Waals surface area contributed by atoms with Crippen LogP contribution in [0.25, 0.3) is 10.8 Å². The van der Waals surface area contributed by atoms with Crippen LogP contribution >= 0.6 is 0 Å². The SMILES string of the molecule is COC(=O)c1ccc(Nc2ncnc(Oc3cccc4ccccc34)c2[N+](=O)[O-])cc1. The molecule has 0 atom stereocenters. The molecule has 0 aliphatic heterocycles. The van der Waals surface area contributed by atoms with Crippen molar-refractivity contribution in [1.29, 1.82) is 0 Å². The molecule has 0 fully saturated rings. The Morgan fingerprint density at radius 3 is 2.48 bits per heavy atom. The lowest BCUT2D eigenvalue weighted by atomic mass is 10.1. The number of anilines is 2. The van der Waals surface area contributed by atoms with Crippen molar-refractivity contribution in [3.05, 3.63) is 88.7 Å². The van der Waals surface area contributed by atoms with Crippen LogP contribution in [-0.4, -0.2) is 28.0 Å². The Balaban J connectivity index is 1.68. The van der Waals surface area contributed by atoms with E-state index in [1.54, 1.807) is 24.3 Å². The summed E-state index contributed by atoms with van der Waals surface area (Å²) in [6, 6.07) is 19.2. The van der Waals surface area contributed by atoms with Crippen molar-refractivity contribution >= 4 is 33.9 Å². The quantitative estimate of drug-likeness (QED) is 0.269. The van der Waals surface area contributed by atoms with E-state index < -0.39 is 16.6 Å². The van der Waals surface area contributed by atoms with Gasteiger partial charge in [0.05, 0.1) is 17.6 Å². The molecule has 0 saturated heterocycles. The highest BCUT2D eigenvalue weighted by Crippen LogP contribution is 2.37. The van der Waals surface area contributed by atoms with Gasteiger partial charge in [0.1, 0.15) is 12.1 Å². The topological polar surface area (TPSA) is 116 Å². The highest BCUT2D eigenvalue weighted by Gasteiger charge is 2.25. The number of hydrogen-bond acceptors (Lipinski definition) is 8. The maximum Gasteiger partial charge on any atom is 0.373 e. The largest absolute Gasteiger partial charge is 0.465 e. The van der Waals surface area contributed by atoms with E-state index in [4.69, 9.17) is 4.74 Å². The average molecular weight is 416 g/mol. The maximum absolute atomic E-state index is 11.8. The Morgan fingerprint density at radius 1 is 1.00 bits per heavy atom. The number of hydrogen-bond donors (Lipinski definition) is 1. The van der Waals surface area contributed by atoms with Gasteiger partial charge in [-0.2, -0.15) is 4.98 Å². The van der Waals surface area contributed by atoms with Gasteiger partial charge in [0.25, 0.3) is 0 Å². The molecule has 9 nitrogen and oxygen atoms in total. The van der Waals surface area contributed by atoms with Crippen molar-refractivity contribution in [2.45, 2.75) is 0 Å². The van der Waals surface area contributed by atoms with Crippen LogP contribution in [0.15, 0.2) is 73.1 Å². The van der Waals surface area contributed by atoms with Crippen LogP contribution in [-0.2, 0) is 4.74 Å². The number of nitrogens with zero attached hydrogens (tertiary/aromatic N) is 3. The fraction of sp³-hybridized carbons (Fsp3) is 0.0455. The lowest BCUT2D eigenvalue weighted by molar-refractivity contribution is -0.385. The third-order valence-corrected chi connectivity index (χ3v) is 4.50. The van der Waals surface area contributed by atoms with Crippen LogP contribution in [0.3, 0.4) is 0 Å². The first kappa shape index (κ1) is 19.8. The van der Waals surface area contributed by atoms with Crippen molar-refractivity contribution in [3.63, 3.8) is 0 Å². The molecule has 0 unspecified atom stereocenters. The third kappa shape index (κ3) is 4.10. The summed E-state index contributed by atoms with van der Waals surface area (Å²) in [6.07, 6.45) is 1.18. The summed E-state index contributed by atoms with van der Waals surface area (Å²) >= 11 is 0. The molecular formula is C22H16N4O5. The Labute approximate surface area is 176 Å². The molecule has 0 bridgehead atoms. The van der Waals surface area contributed by atoms with Crippen molar-refractivity contribution in [3.8, 4) is 11.6 Å². The van der Waals surface area contributed by atoms with Gasteiger partial charge in [0.2, 0.25) is 5.82 Å². The van der Waals surface area contributed by atoms with E-state index in [0.29, 0.717) is 17.0 Å². The number of fused-ring (bicyclic) bond motifs is 1. The van der Waals surface area contributed by atoms with Crippen LogP contribution in [0.2, 0.25) is 0 Å². The van der Waals surface area contributed by atoms with Gasteiger partial charge < -0.3 is 14.8 Å². The van der Waals surface area contributed by atoms with Crippen LogP contribution in [0.4, 0.5) is 17.2 Å². The molecule has 4 rings (SSSR count). The lowest BCUT2D eigenvalue weighted by Crippen LogP contribution is -2.04. The first-order valence-corrected chi connectivity index (χ1v) is 9.17. The van der Waals surface area contributed by atoms with Crippen molar-refractivity contribution in [2.24, 2.45) is 0 Å². The minimum Gasteiger partial charge on any atom is -0.465 e. The summed E-state index contributed by atoms with van der Waals surface area (Å²) in [7, 11) is 1.29. The molecule has 3 aromatic carbocycles. The second-order valence-electron chi connectivity index (χ2n) is 6.41. The number of nitro groups is 1. The van der Waals surface area contributed by atoms with Crippen LogP contribution in [0, 0.1) is 10.1 Å². The zero-order chi connectivity index (χ0) is 21.8. The lowest BCUT2D eigenvalue weighted by Gasteiger charge is -2.11. The Hall–Kier alpha value is -4.53. The normalized spacial score (nSPS) is 10.5. The van der Waals surface area contributed by atoms with Crippen LogP contribution in [0.5, 0.6) is 11.6 Å². The summed E-state index contributed by atoms with van der Waals surface area (Å²) in [6.45, 7) is 0. The predicted octanol–water partition coefficient (Wildman–Crippen LogP) is 4.86. The molecule has 0 amide bonds. The third-order valence-electron chi connectivity index (χ3n) is 4.50. The minimum absolute atomic E-state index is 0.0407. The molecule has 0 aliphatic rings. The second kappa shape index (κ2) is 8.46. The fourth-order valence-electron chi connectivity index (χ4n) is 3.03. The predicted molar refractivity (Wildman–Crippen MR) is 114 cm³/mol. The number of methoxy groups -OCH3 is 1. The molecule has 0 spiro atoms. The molecule has 1 aromatic heterocycles. The van der Waals surface area contributed by atoms with Crippen LogP contribution in [0.1, 0.15) is 10.4 Å². The van der Waals surface area contributed by atoms with E-state index in [-0.39, 0.29) is 11.7 Å². The molecule has 0 saturated carbocycles. The number of aromatic nitrogens is 2. The van der Waals surface area contributed by atoms with Crippen molar-refractivity contribution < 1.29 is 19.2 Å². The van der Waals surface area contributed by atoms with Gasteiger partial charge in [0, 0.05) is 11.1 Å². The highest BCUT2D eigenvalue weighted by atomic mass is 16.6. The standard InChI is InChI=1S/C22H16N4O5/c1-30-22(27)15-9-11-16(12-10-15)25-20-19(26(28)29)21(24-13-23-20)31-18-8-4-6-14-5-2-3-7-17(14)18/h2-13H,1H3,(H,23,24,25). The van der Waals surface area contributed by atoms with Gasteiger partial charge in [-0.25, -0.2) is 9.78 Å². The Kier molecular flexibility index (Phi) is 5.39. The minimum atomic E-state index is -0.606. The first-order chi connectivity index (χ1) is 15.1. The monoisotopic (exact) mass is 416 g/mol. The summed E-state index contributed by atoms with van der Waals surface area (Å²) < 4.78 is 10.5. The summed E-state index contributed by atoms with van der Waals surface area (Å²) in [5, 5.41) is 16.4.